The van der Waals surface area contributed by atoms with Gasteiger partial charge in [0.25, 0.3) is 0 Å². The molecule has 0 aromatic heterocycles. The molecule has 2 N–H and O–H groups in total. The monoisotopic (exact) mass is 472 g/mol. The van der Waals surface area contributed by atoms with Gasteiger partial charge in [0.05, 0.1) is 24.0 Å². The summed E-state index contributed by atoms with van der Waals surface area (Å²) in [6.45, 7) is 0.156. The molecule has 2 aromatic rings. The molecule has 0 saturated heterocycles. The predicted molar refractivity (Wildman–Crippen MR) is 108 cm³/mol. The molecule has 1 unspecified atom stereocenters. The Labute approximate surface area is 186 Å². The minimum absolute atomic E-state index is 0.0964. The van der Waals surface area contributed by atoms with Crippen LogP contribution >= 0.6 is 0 Å². The summed E-state index contributed by atoms with van der Waals surface area (Å²) in [5, 5.41) is 5.50. The number of alkyl halides is 6. The average molecular weight is 472 g/mol. The van der Waals surface area contributed by atoms with Crippen LogP contribution in [0.2, 0.25) is 0 Å². The Morgan fingerprint density at radius 3 is 1.58 bits per heavy atom. The molecule has 1 atom stereocenters. The standard InChI is InChI=1S/C23H22F6N2O2/c24-22(25,26)17-7-1-14(2-8-17)11-20(32)30-13-19(16-5-6-16)31-21(33)12-15-3-9-18(10-4-15)23(27,28)29/h1-4,7-10,16,19H,5-6,11-13H2,(H,30,32)(H,31,33). The van der Waals surface area contributed by atoms with E-state index in [2.05, 4.69) is 10.6 Å². The fraction of sp³-hybridized carbons (Fsp3) is 0.391. The molecule has 3 rings (SSSR count). The first kappa shape index (κ1) is 24.6. The van der Waals surface area contributed by atoms with E-state index in [4.69, 9.17) is 0 Å². The highest BCUT2D eigenvalue weighted by Gasteiger charge is 2.33. The van der Waals surface area contributed by atoms with Gasteiger partial charge < -0.3 is 10.6 Å². The van der Waals surface area contributed by atoms with Crippen LogP contribution in [-0.4, -0.2) is 24.4 Å². The Bertz CT molecular complexity index is 964. The number of benzene rings is 2. The van der Waals surface area contributed by atoms with Crippen LogP contribution < -0.4 is 10.6 Å². The molecule has 2 aromatic carbocycles. The largest absolute Gasteiger partial charge is 0.416 e. The SMILES string of the molecule is O=C(Cc1ccc(C(F)(F)F)cc1)NCC(NC(=O)Cc1ccc(C(F)(F)F)cc1)C1CC1. The lowest BCUT2D eigenvalue weighted by Crippen LogP contribution is -2.45. The molecule has 1 fully saturated rings. The van der Waals surface area contributed by atoms with Crippen LogP contribution in [-0.2, 0) is 34.8 Å². The van der Waals surface area contributed by atoms with Crippen LogP contribution in [0.4, 0.5) is 26.3 Å². The van der Waals surface area contributed by atoms with Gasteiger partial charge in [-0.3, -0.25) is 9.59 Å². The number of carbonyl (C=O) groups is 2. The quantitative estimate of drug-likeness (QED) is 0.555. The lowest BCUT2D eigenvalue weighted by molar-refractivity contribution is -0.138. The van der Waals surface area contributed by atoms with Gasteiger partial charge in [0.15, 0.2) is 0 Å². The molecule has 178 valence electrons. The van der Waals surface area contributed by atoms with E-state index >= 15 is 0 Å². The van der Waals surface area contributed by atoms with Crippen molar-refractivity contribution in [2.45, 2.75) is 44.1 Å². The van der Waals surface area contributed by atoms with E-state index in [1.54, 1.807) is 0 Å². The first-order valence-electron chi connectivity index (χ1n) is 10.3. The smallest absolute Gasteiger partial charge is 0.354 e. The maximum absolute atomic E-state index is 12.6. The molecule has 0 heterocycles. The minimum atomic E-state index is -4.45. The zero-order valence-electron chi connectivity index (χ0n) is 17.4. The van der Waals surface area contributed by atoms with Crippen molar-refractivity contribution in [2.24, 2.45) is 5.92 Å². The number of carbonyl (C=O) groups excluding carboxylic acids is 2. The van der Waals surface area contributed by atoms with Gasteiger partial charge in [-0.2, -0.15) is 26.3 Å². The van der Waals surface area contributed by atoms with E-state index in [0.29, 0.717) is 11.1 Å². The zero-order chi connectivity index (χ0) is 24.2. The number of rotatable bonds is 8. The molecule has 10 heteroatoms. The highest BCUT2D eigenvalue weighted by atomic mass is 19.4. The summed E-state index contributed by atoms with van der Waals surface area (Å²) in [7, 11) is 0. The number of hydrogen-bond acceptors (Lipinski definition) is 2. The zero-order valence-corrected chi connectivity index (χ0v) is 17.4. The molecule has 2 amide bonds. The van der Waals surface area contributed by atoms with E-state index in [0.717, 1.165) is 37.1 Å². The highest BCUT2D eigenvalue weighted by Crippen LogP contribution is 2.33. The van der Waals surface area contributed by atoms with Crippen LogP contribution in [0.25, 0.3) is 0 Å². The van der Waals surface area contributed by atoms with Gasteiger partial charge in [0, 0.05) is 12.6 Å². The molecule has 1 aliphatic rings. The van der Waals surface area contributed by atoms with Gasteiger partial charge >= 0.3 is 12.4 Å². The highest BCUT2D eigenvalue weighted by molar-refractivity contribution is 5.80. The fourth-order valence-electron chi connectivity index (χ4n) is 3.37. The second kappa shape index (κ2) is 9.84. The van der Waals surface area contributed by atoms with E-state index in [9.17, 15) is 35.9 Å². The third-order valence-corrected chi connectivity index (χ3v) is 5.35. The normalized spacial score (nSPS) is 15.1. The number of amides is 2. The van der Waals surface area contributed by atoms with Crippen molar-refractivity contribution in [2.75, 3.05) is 6.54 Å². The molecular formula is C23H22F6N2O2. The molecule has 0 aliphatic heterocycles. The van der Waals surface area contributed by atoms with Crippen molar-refractivity contribution in [1.29, 1.82) is 0 Å². The summed E-state index contributed by atoms with van der Waals surface area (Å²) in [5.41, 5.74) is -0.731. The van der Waals surface area contributed by atoms with Crippen molar-refractivity contribution in [1.82, 2.24) is 10.6 Å². The molecule has 0 spiro atoms. The van der Waals surface area contributed by atoms with Gasteiger partial charge in [0.1, 0.15) is 0 Å². The van der Waals surface area contributed by atoms with Gasteiger partial charge in [-0.25, -0.2) is 0 Å². The Balaban J connectivity index is 1.48. The number of hydrogen-bond donors (Lipinski definition) is 2. The second-order valence-electron chi connectivity index (χ2n) is 8.06. The van der Waals surface area contributed by atoms with E-state index in [1.807, 2.05) is 0 Å². The maximum atomic E-state index is 12.6. The van der Waals surface area contributed by atoms with Crippen molar-refractivity contribution in [3.63, 3.8) is 0 Å². The van der Waals surface area contributed by atoms with E-state index < -0.39 is 29.4 Å². The molecule has 4 nitrogen and oxygen atoms in total. The third kappa shape index (κ3) is 7.50. The topological polar surface area (TPSA) is 58.2 Å². The lowest BCUT2D eigenvalue weighted by Gasteiger charge is -2.19. The van der Waals surface area contributed by atoms with E-state index in [-0.39, 0.29) is 37.3 Å². The Morgan fingerprint density at radius 2 is 1.18 bits per heavy atom. The molecular weight excluding hydrogens is 450 g/mol. The Morgan fingerprint density at radius 1 is 0.758 bits per heavy atom. The van der Waals surface area contributed by atoms with Crippen molar-refractivity contribution in [3.05, 3.63) is 70.8 Å². The summed E-state index contributed by atoms with van der Waals surface area (Å²) in [4.78, 5) is 24.5. The van der Waals surface area contributed by atoms with Gasteiger partial charge in [-0.05, 0) is 54.2 Å². The molecule has 1 saturated carbocycles. The molecule has 0 radical (unpaired) electrons. The van der Waals surface area contributed by atoms with Crippen LogP contribution in [0.3, 0.4) is 0 Å². The summed E-state index contributed by atoms with van der Waals surface area (Å²) < 4.78 is 75.8. The number of nitrogens with one attached hydrogen (secondary N) is 2. The van der Waals surface area contributed by atoms with Gasteiger partial charge in [-0.15, -0.1) is 0 Å². The van der Waals surface area contributed by atoms with Gasteiger partial charge in [0.2, 0.25) is 11.8 Å². The van der Waals surface area contributed by atoms with Crippen molar-refractivity contribution >= 4 is 11.8 Å². The molecule has 1 aliphatic carbocycles. The van der Waals surface area contributed by atoms with Crippen LogP contribution in [0.5, 0.6) is 0 Å². The molecule has 33 heavy (non-hydrogen) atoms. The van der Waals surface area contributed by atoms with Crippen molar-refractivity contribution in [3.8, 4) is 0 Å². The van der Waals surface area contributed by atoms with Crippen LogP contribution in [0, 0.1) is 5.92 Å². The first-order chi connectivity index (χ1) is 15.4. The first-order valence-corrected chi connectivity index (χ1v) is 10.3. The van der Waals surface area contributed by atoms with Gasteiger partial charge in [-0.1, -0.05) is 24.3 Å². The van der Waals surface area contributed by atoms with Crippen LogP contribution in [0.15, 0.2) is 48.5 Å². The van der Waals surface area contributed by atoms with E-state index in [1.165, 1.54) is 24.3 Å². The number of halogens is 6. The maximum Gasteiger partial charge on any atom is 0.416 e. The third-order valence-electron chi connectivity index (χ3n) is 5.35. The molecule has 0 bridgehead atoms. The van der Waals surface area contributed by atoms with Crippen LogP contribution in [0.1, 0.15) is 35.1 Å². The minimum Gasteiger partial charge on any atom is -0.354 e. The fourth-order valence-corrected chi connectivity index (χ4v) is 3.37. The summed E-state index contributed by atoms with van der Waals surface area (Å²) >= 11 is 0. The predicted octanol–water partition coefficient (Wildman–Crippen LogP) is 4.52. The Kier molecular flexibility index (Phi) is 7.34. The lowest BCUT2D eigenvalue weighted by atomic mass is 10.1. The summed E-state index contributed by atoms with van der Waals surface area (Å²) in [6, 6.07) is 8.32. The summed E-state index contributed by atoms with van der Waals surface area (Å²) in [5.74, 6) is -0.575. The van der Waals surface area contributed by atoms with Crippen molar-refractivity contribution < 1.29 is 35.9 Å². The second-order valence-corrected chi connectivity index (χ2v) is 8.06. The average Bonchev–Trinajstić information content (AvgIpc) is 3.56. The summed E-state index contributed by atoms with van der Waals surface area (Å²) in [6.07, 6.45) is -7.34. The Hall–Kier alpha value is -3.04.